The molecule has 0 spiro atoms. The van der Waals surface area contributed by atoms with Crippen molar-refractivity contribution in [3.8, 4) is 0 Å². The summed E-state index contributed by atoms with van der Waals surface area (Å²) in [5.74, 6) is -1.21. The highest BCUT2D eigenvalue weighted by molar-refractivity contribution is 7.20. The number of carboxylic acid groups (broad SMARTS) is 1. The lowest BCUT2D eigenvalue weighted by atomic mass is 10.2. The van der Waals surface area contributed by atoms with E-state index in [0.29, 0.717) is 15.8 Å². The average molecular weight is 406 g/mol. The number of carbonyl (C=O) groups is 2. The summed E-state index contributed by atoms with van der Waals surface area (Å²) in [7, 11) is 0. The Bertz CT molecular complexity index is 1200. The maximum atomic E-state index is 12.9. The van der Waals surface area contributed by atoms with E-state index in [1.807, 2.05) is 0 Å². The number of pyridine rings is 1. The molecule has 11 heteroatoms. The van der Waals surface area contributed by atoms with Crippen molar-refractivity contribution in [3.63, 3.8) is 0 Å². The van der Waals surface area contributed by atoms with Crippen LogP contribution in [0, 0.1) is 6.92 Å². The van der Waals surface area contributed by atoms with Crippen LogP contribution in [0.15, 0.2) is 23.3 Å². The van der Waals surface area contributed by atoms with Gasteiger partial charge in [0.2, 0.25) is 0 Å². The number of halogens is 1. The third-order valence-corrected chi connectivity index (χ3v) is 5.46. The quantitative estimate of drug-likeness (QED) is 0.450. The number of hydrogen-bond acceptors (Lipinski definition) is 7. The number of aryl methyl sites for hydroxylation is 1. The molecule has 27 heavy (non-hydrogen) atoms. The molecule has 1 amide bonds. The number of amides is 1. The van der Waals surface area contributed by atoms with E-state index < -0.39 is 22.6 Å². The molecule has 1 unspecified atom stereocenters. The van der Waals surface area contributed by atoms with E-state index in [0.717, 1.165) is 11.3 Å². The normalized spacial score (nSPS) is 18.4. The van der Waals surface area contributed by atoms with Crippen LogP contribution in [0.2, 0.25) is 0 Å². The van der Waals surface area contributed by atoms with Gasteiger partial charge >= 0.3 is 5.97 Å². The number of alkyl halides is 1. The number of fused-ring (bicyclic) bond motifs is 2. The predicted molar refractivity (Wildman–Crippen MR) is 100 cm³/mol. The number of thiophene rings is 1. The van der Waals surface area contributed by atoms with Crippen molar-refractivity contribution in [1.82, 2.24) is 19.9 Å². The number of hydrogen-bond donors (Lipinski definition) is 3. The molecule has 3 aromatic heterocycles. The first-order valence-corrected chi connectivity index (χ1v) is 8.92. The van der Waals surface area contributed by atoms with Gasteiger partial charge in [-0.1, -0.05) is 11.6 Å². The molecule has 0 radical (unpaired) electrons. The summed E-state index contributed by atoms with van der Waals surface area (Å²) in [6, 6.07) is 2.98. The lowest BCUT2D eigenvalue weighted by Crippen LogP contribution is -2.40. The maximum Gasteiger partial charge on any atom is 0.345 e. The number of anilines is 2. The van der Waals surface area contributed by atoms with E-state index in [1.54, 1.807) is 6.92 Å². The summed E-state index contributed by atoms with van der Waals surface area (Å²) < 4.78 is 1.18. The van der Waals surface area contributed by atoms with Gasteiger partial charge in [0.1, 0.15) is 33.2 Å². The first-order valence-electron chi connectivity index (χ1n) is 7.72. The van der Waals surface area contributed by atoms with Gasteiger partial charge in [0.15, 0.2) is 5.12 Å². The maximum absolute atomic E-state index is 12.9. The van der Waals surface area contributed by atoms with Crippen molar-refractivity contribution < 1.29 is 14.7 Å². The first-order chi connectivity index (χ1) is 12.7. The largest absolute Gasteiger partial charge is 0.477 e. The molecule has 1 aliphatic rings. The van der Waals surface area contributed by atoms with Crippen molar-refractivity contribution in [3.05, 3.63) is 44.9 Å². The summed E-state index contributed by atoms with van der Waals surface area (Å²) >= 11 is 7.30. The van der Waals surface area contributed by atoms with Crippen LogP contribution in [0.3, 0.4) is 0 Å². The smallest absolute Gasteiger partial charge is 0.345 e. The van der Waals surface area contributed by atoms with Crippen LogP contribution in [0.5, 0.6) is 0 Å². The molecule has 0 saturated heterocycles. The predicted octanol–water partition coefficient (Wildman–Crippen LogP) is 2.22. The Morgan fingerprint density at radius 2 is 2.11 bits per heavy atom. The molecule has 3 N–H and O–H groups in total. The molecular weight excluding hydrogens is 394 g/mol. The molecular formula is C16H12ClN5O4S. The minimum Gasteiger partial charge on any atom is -0.477 e. The second-order valence-corrected chi connectivity index (χ2v) is 7.89. The lowest BCUT2D eigenvalue weighted by Gasteiger charge is -2.20. The number of carboxylic acids is 1. The Labute approximate surface area is 160 Å². The fraction of sp³-hybridized carbons (Fsp3) is 0.188. The molecule has 0 saturated carbocycles. The van der Waals surface area contributed by atoms with Crippen molar-refractivity contribution >= 4 is 56.5 Å². The summed E-state index contributed by atoms with van der Waals surface area (Å²) in [6.45, 7) is 3.20. The molecule has 0 aliphatic carbocycles. The fourth-order valence-electron chi connectivity index (χ4n) is 3.03. The van der Waals surface area contributed by atoms with Crippen LogP contribution in [0.25, 0.3) is 10.2 Å². The Kier molecular flexibility index (Phi) is 3.72. The van der Waals surface area contributed by atoms with Crippen molar-refractivity contribution in [2.45, 2.75) is 19.0 Å². The number of aromatic carboxylic acids is 1. The molecule has 4 rings (SSSR count). The van der Waals surface area contributed by atoms with E-state index in [-0.39, 0.29) is 22.1 Å². The standard InChI is InChI=1S/C16H12ClN5O4S/c1-6-3-8(14(24)22-10(6)12(23)21-16(22,2)17)20-11-7-4-9(15(25)26)27-13(7)19-5-18-11/h3-5H,1-2H3,(H,21,23)(H,25,26)(H,18,19,20). The summed E-state index contributed by atoms with van der Waals surface area (Å²) in [5, 5.41) is 13.7. The molecule has 1 atom stereocenters. The molecule has 0 aromatic carbocycles. The number of nitrogens with one attached hydrogen (secondary N) is 2. The Balaban J connectivity index is 1.87. The van der Waals surface area contributed by atoms with Crippen molar-refractivity contribution in [1.29, 1.82) is 0 Å². The van der Waals surface area contributed by atoms with Crippen molar-refractivity contribution in [2.75, 3.05) is 5.32 Å². The van der Waals surface area contributed by atoms with E-state index >= 15 is 0 Å². The summed E-state index contributed by atoms with van der Waals surface area (Å²) in [4.78, 5) is 45.0. The summed E-state index contributed by atoms with van der Waals surface area (Å²) in [5.41, 5.74) is 0.398. The van der Waals surface area contributed by atoms with E-state index in [2.05, 4.69) is 20.6 Å². The van der Waals surface area contributed by atoms with E-state index in [4.69, 9.17) is 11.6 Å². The van der Waals surface area contributed by atoms with Crippen LogP contribution in [-0.2, 0) is 5.12 Å². The molecule has 4 heterocycles. The Morgan fingerprint density at radius 1 is 1.37 bits per heavy atom. The highest BCUT2D eigenvalue weighted by Crippen LogP contribution is 2.31. The first kappa shape index (κ1) is 17.4. The minimum atomic E-state index is -1.38. The summed E-state index contributed by atoms with van der Waals surface area (Å²) in [6.07, 6.45) is 1.28. The van der Waals surface area contributed by atoms with Gasteiger partial charge in [0, 0.05) is 0 Å². The Morgan fingerprint density at radius 3 is 2.81 bits per heavy atom. The molecule has 3 aromatic rings. The highest BCUT2D eigenvalue weighted by atomic mass is 35.5. The van der Waals surface area contributed by atoms with Crippen LogP contribution >= 0.6 is 22.9 Å². The van der Waals surface area contributed by atoms with Crippen LogP contribution in [-0.4, -0.2) is 31.5 Å². The Hall–Kier alpha value is -2.98. The van der Waals surface area contributed by atoms with Gasteiger partial charge in [-0.2, -0.15) is 0 Å². The lowest BCUT2D eigenvalue weighted by molar-refractivity contribution is 0.0702. The molecule has 1 aliphatic heterocycles. The zero-order valence-electron chi connectivity index (χ0n) is 14.0. The topological polar surface area (TPSA) is 126 Å². The third-order valence-electron chi connectivity index (χ3n) is 4.16. The van der Waals surface area contributed by atoms with Crippen molar-refractivity contribution in [2.24, 2.45) is 0 Å². The van der Waals surface area contributed by atoms with Gasteiger partial charge in [-0.05, 0) is 31.5 Å². The van der Waals surface area contributed by atoms with Gasteiger partial charge in [0.25, 0.3) is 11.5 Å². The van der Waals surface area contributed by atoms with Crippen LogP contribution < -0.4 is 16.2 Å². The second-order valence-electron chi connectivity index (χ2n) is 6.12. The zero-order valence-corrected chi connectivity index (χ0v) is 15.6. The minimum absolute atomic E-state index is 0.110. The van der Waals surface area contributed by atoms with Gasteiger partial charge in [0.05, 0.1) is 5.39 Å². The van der Waals surface area contributed by atoms with Crippen LogP contribution in [0.4, 0.5) is 11.5 Å². The van der Waals surface area contributed by atoms with Gasteiger partial charge in [-0.3, -0.25) is 14.2 Å². The molecule has 138 valence electrons. The zero-order chi connectivity index (χ0) is 19.5. The SMILES string of the molecule is Cc1cc(Nc2ncnc3sc(C(=O)O)cc23)c(=O)n2c1C(=O)NC2(C)Cl. The number of rotatable bonds is 3. The fourth-order valence-corrected chi connectivity index (χ4v) is 4.11. The molecule has 0 bridgehead atoms. The monoisotopic (exact) mass is 405 g/mol. The average Bonchev–Trinajstić information content (AvgIpc) is 3.11. The van der Waals surface area contributed by atoms with E-state index in [1.165, 1.54) is 30.0 Å². The van der Waals surface area contributed by atoms with Gasteiger partial charge < -0.3 is 15.7 Å². The number of aromatic nitrogens is 3. The second kappa shape index (κ2) is 5.76. The van der Waals surface area contributed by atoms with Gasteiger partial charge in [-0.15, -0.1) is 11.3 Å². The highest BCUT2D eigenvalue weighted by Gasteiger charge is 2.39. The van der Waals surface area contributed by atoms with E-state index in [9.17, 15) is 19.5 Å². The van der Waals surface area contributed by atoms with Gasteiger partial charge in [-0.25, -0.2) is 14.8 Å². The number of nitrogens with zero attached hydrogens (tertiary/aromatic N) is 3. The number of carbonyl (C=O) groups excluding carboxylic acids is 1. The third kappa shape index (κ3) is 2.64. The molecule has 9 nitrogen and oxygen atoms in total. The van der Waals surface area contributed by atoms with Crippen LogP contribution in [0.1, 0.15) is 32.6 Å². The molecule has 0 fully saturated rings.